The molecule has 1 atom stereocenters. The summed E-state index contributed by atoms with van der Waals surface area (Å²) in [6.45, 7) is 5.00. The normalized spacial score (nSPS) is 22.6. The van der Waals surface area contributed by atoms with Gasteiger partial charge in [0, 0.05) is 13.0 Å². The molecule has 1 rings (SSSR count). The average molecular weight is 170 g/mol. The maximum absolute atomic E-state index is 10.9. The van der Waals surface area contributed by atoms with Crippen LogP contribution < -0.4 is 10.6 Å². The van der Waals surface area contributed by atoms with E-state index >= 15 is 0 Å². The molecule has 70 valence electrons. The summed E-state index contributed by atoms with van der Waals surface area (Å²) < 4.78 is 0. The smallest absolute Gasteiger partial charge is 0.219 e. The first-order chi connectivity index (χ1) is 5.83. The van der Waals surface area contributed by atoms with Gasteiger partial charge in [0.25, 0.3) is 0 Å². The molecular weight excluding hydrogens is 152 g/mol. The molecule has 0 aliphatic carbocycles. The summed E-state index contributed by atoms with van der Waals surface area (Å²) >= 11 is 0. The van der Waals surface area contributed by atoms with Gasteiger partial charge in [0.05, 0.1) is 0 Å². The Balaban J connectivity index is 1.97. The molecule has 0 aromatic carbocycles. The Bertz CT molecular complexity index is 141. The van der Waals surface area contributed by atoms with Crippen LogP contribution in [0, 0.1) is 5.92 Å². The van der Waals surface area contributed by atoms with Gasteiger partial charge in [-0.1, -0.05) is 6.92 Å². The van der Waals surface area contributed by atoms with Crippen molar-refractivity contribution >= 4 is 5.91 Å². The van der Waals surface area contributed by atoms with Crippen LogP contribution in [0.3, 0.4) is 0 Å². The van der Waals surface area contributed by atoms with Gasteiger partial charge in [-0.15, -0.1) is 0 Å². The molecule has 3 heteroatoms. The molecule has 1 fully saturated rings. The van der Waals surface area contributed by atoms with E-state index in [1.807, 2.05) is 6.92 Å². The number of carbonyl (C=O) groups excluding carboxylic acids is 1. The van der Waals surface area contributed by atoms with Crippen LogP contribution in [-0.2, 0) is 4.79 Å². The van der Waals surface area contributed by atoms with Crippen molar-refractivity contribution in [3.8, 4) is 0 Å². The fourth-order valence-corrected chi connectivity index (χ4v) is 1.50. The molecule has 2 N–H and O–H groups in total. The predicted molar refractivity (Wildman–Crippen MR) is 48.9 cm³/mol. The lowest BCUT2D eigenvalue weighted by Crippen LogP contribution is -2.25. The van der Waals surface area contributed by atoms with Crippen LogP contribution in [0.4, 0.5) is 0 Å². The average Bonchev–Trinajstić information content (AvgIpc) is 2.57. The van der Waals surface area contributed by atoms with E-state index in [4.69, 9.17) is 0 Å². The third-order valence-corrected chi connectivity index (χ3v) is 2.36. The van der Waals surface area contributed by atoms with Crippen molar-refractivity contribution in [2.45, 2.75) is 26.2 Å². The standard InChI is InChI=1S/C9H18N2O/c1-2-9(12)11-6-4-8-3-5-10-7-8/h8,10H,2-7H2,1H3,(H,11,12). The number of nitrogens with one attached hydrogen (secondary N) is 2. The van der Waals surface area contributed by atoms with Gasteiger partial charge in [-0.3, -0.25) is 4.79 Å². The van der Waals surface area contributed by atoms with E-state index in [0.717, 1.165) is 32.0 Å². The van der Waals surface area contributed by atoms with Crippen molar-refractivity contribution < 1.29 is 4.79 Å². The minimum Gasteiger partial charge on any atom is -0.356 e. The van der Waals surface area contributed by atoms with E-state index in [9.17, 15) is 4.79 Å². The second-order valence-electron chi connectivity index (χ2n) is 3.35. The first-order valence-corrected chi connectivity index (χ1v) is 4.80. The molecule has 12 heavy (non-hydrogen) atoms. The van der Waals surface area contributed by atoms with E-state index in [-0.39, 0.29) is 5.91 Å². The Labute approximate surface area is 73.9 Å². The highest BCUT2D eigenvalue weighted by molar-refractivity contribution is 5.75. The second kappa shape index (κ2) is 5.14. The molecule has 1 heterocycles. The van der Waals surface area contributed by atoms with Gasteiger partial charge in [0.1, 0.15) is 0 Å². The molecular formula is C9H18N2O. The Morgan fingerprint density at radius 2 is 2.50 bits per heavy atom. The monoisotopic (exact) mass is 170 g/mol. The molecule has 0 saturated carbocycles. The number of hydrogen-bond acceptors (Lipinski definition) is 2. The molecule has 1 unspecified atom stereocenters. The Morgan fingerprint density at radius 1 is 1.67 bits per heavy atom. The van der Waals surface area contributed by atoms with Crippen LogP contribution in [0.15, 0.2) is 0 Å². The summed E-state index contributed by atoms with van der Waals surface area (Å²) in [4.78, 5) is 10.9. The fraction of sp³-hybridized carbons (Fsp3) is 0.889. The molecule has 1 amide bonds. The number of carbonyl (C=O) groups is 1. The maximum atomic E-state index is 10.9. The van der Waals surface area contributed by atoms with E-state index < -0.39 is 0 Å². The number of rotatable bonds is 4. The first kappa shape index (κ1) is 9.52. The molecule has 1 aliphatic heterocycles. The zero-order valence-corrected chi connectivity index (χ0v) is 7.73. The molecule has 0 aromatic rings. The van der Waals surface area contributed by atoms with Crippen molar-refractivity contribution in [1.29, 1.82) is 0 Å². The topological polar surface area (TPSA) is 41.1 Å². The predicted octanol–water partition coefficient (Wildman–Crippen LogP) is 0.512. The Hall–Kier alpha value is -0.570. The fourth-order valence-electron chi connectivity index (χ4n) is 1.50. The quantitative estimate of drug-likeness (QED) is 0.645. The second-order valence-corrected chi connectivity index (χ2v) is 3.35. The van der Waals surface area contributed by atoms with Crippen LogP contribution in [0.5, 0.6) is 0 Å². The van der Waals surface area contributed by atoms with Crippen molar-refractivity contribution in [1.82, 2.24) is 10.6 Å². The highest BCUT2D eigenvalue weighted by atomic mass is 16.1. The summed E-state index contributed by atoms with van der Waals surface area (Å²) in [7, 11) is 0. The van der Waals surface area contributed by atoms with E-state index in [0.29, 0.717) is 6.42 Å². The summed E-state index contributed by atoms with van der Waals surface area (Å²) in [5.41, 5.74) is 0. The van der Waals surface area contributed by atoms with Crippen molar-refractivity contribution in [3.63, 3.8) is 0 Å². The van der Waals surface area contributed by atoms with Crippen LogP contribution in [0.2, 0.25) is 0 Å². The highest BCUT2D eigenvalue weighted by Crippen LogP contribution is 2.10. The van der Waals surface area contributed by atoms with Gasteiger partial charge in [-0.25, -0.2) is 0 Å². The van der Waals surface area contributed by atoms with Crippen LogP contribution in [0.1, 0.15) is 26.2 Å². The van der Waals surface area contributed by atoms with Crippen LogP contribution in [0.25, 0.3) is 0 Å². The van der Waals surface area contributed by atoms with Crippen LogP contribution in [-0.4, -0.2) is 25.5 Å². The molecule has 1 aliphatic rings. The zero-order chi connectivity index (χ0) is 8.81. The van der Waals surface area contributed by atoms with Gasteiger partial charge >= 0.3 is 0 Å². The molecule has 1 saturated heterocycles. The van der Waals surface area contributed by atoms with Gasteiger partial charge in [0.2, 0.25) is 5.91 Å². The lowest BCUT2D eigenvalue weighted by atomic mass is 10.1. The largest absolute Gasteiger partial charge is 0.356 e. The first-order valence-electron chi connectivity index (χ1n) is 4.80. The lowest BCUT2D eigenvalue weighted by Gasteiger charge is -2.08. The molecule has 0 radical (unpaired) electrons. The summed E-state index contributed by atoms with van der Waals surface area (Å²) in [5.74, 6) is 0.947. The maximum Gasteiger partial charge on any atom is 0.219 e. The Morgan fingerprint density at radius 3 is 3.08 bits per heavy atom. The van der Waals surface area contributed by atoms with E-state index in [2.05, 4.69) is 10.6 Å². The highest BCUT2D eigenvalue weighted by Gasteiger charge is 2.13. The van der Waals surface area contributed by atoms with Crippen LogP contribution >= 0.6 is 0 Å². The molecule has 0 spiro atoms. The molecule has 0 bridgehead atoms. The number of hydrogen-bond donors (Lipinski definition) is 2. The number of amides is 1. The minimum atomic E-state index is 0.168. The van der Waals surface area contributed by atoms with Gasteiger partial charge in [0.15, 0.2) is 0 Å². The summed E-state index contributed by atoms with van der Waals surface area (Å²) in [6, 6.07) is 0. The van der Waals surface area contributed by atoms with Gasteiger partial charge < -0.3 is 10.6 Å². The molecule has 3 nitrogen and oxygen atoms in total. The lowest BCUT2D eigenvalue weighted by molar-refractivity contribution is -0.120. The summed E-state index contributed by atoms with van der Waals surface area (Å²) in [5, 5.41) is 6.20. The van der Waals surface area contributed by atoms with Crippen molar-refractivity contribution in [2.75, 3.05) is 19.6 Å². The third-order valence-electron chi connectivity index (χ3n) is 2.36. The Kier molecular flexibility index (Phi) is 4.08. The summed E-state index contributed by atoms with van der Waals surface area (Å²) in [6.07, 6.45) is 2.99. The van der Waals surface area contributed by atoms with Gasteiger partial charge in [-0.2, -0.15) is 0 Å². The zero-order valence-electron chi connectivity index (χ0n) is 7.73. The minimum absolute atomic E-state index is 0.168. The van der Waals surface area contributed by atoms with E-state index in [1.165, 1.54) is 6.42 Å². The SMILES string of the molecule is CCC(=O)NCCC1CCNC1. The van der Waals surface area contributed by atoms with E-state index in [1.54, 1.807) is 0 Å². The third kappa shape index (κ3) is 3.22. The van der Waals surface area contributed by atoms with Crippen molar-refractivity contribution in [2.24, 2.45) is 5.92 Å². The molecule has 0 aromatic heterocycles. The van der Waals surface area contributed by atoms with Crippen molar-refractivity contribution in [3.05, 3.63) is 0 Å². The van der Waals surface area contributed by atoms with Gasteiger partial charge in [-0.05, 0) is 31.8 Å².